The summed E-state index contributed by atoms with van der Waals surface area (Å²) < 4.78 is 7.33. The standard InChI is InChI=1S/C16H20N4O2S/c1-8-7-16(2,3)20-13-10(8)5-9(22-4)6-11(13)12(14(20)21)18-19-15(17)23/h5-6,8,21H,7H2,1-4H3,(H2,17,23)/t8-/m0/s1. The minimum Gasteiger partial charge on any atom is -0.497 e. The topological polar surface area (TPSA) is 85.1 Å². The third-order valence-corrected chi connectivity index (χ3v) is 4.52. The molecule has 7 heteroatoms. The number of nitrogens with zero attached hydrogens (tertiary/aromatic N) is 3. The second-order valence-corrected chi connectivity index (χ2v) is 6.99. The number of nitrogens with two attached hydrogens (primary N) is 1. The highest BCUT2D eigenvalue weighted by atomic mass is 32.1. The number of aromatic nitrogens is 1. The molecule has 0 amide bonds. The number of ether oxygens (including phenoxy) is 1. The van der Waals surface area contributed by atoms with Gasteiger partial charge < -0.3 is 20.1 Å². The molecule has 0 radical (unpaired) electrons. The Balaban J connectivity index is 2.43. The Morgan fingerprint density at radius 3 is 2.78 bits per heavy atom. The van der Waals surface area contributed by atoms with Crippen LogP contribution in [0.5, 0.6) is 11.6 Å². The van der Waals surface area contributed by atoms with Crippen LogP contribution in [0, 0.1) is 0 Å². The minimum absolute atomic E-state index is 0.0732. The van der Waals surface area contributed by atoms with Gasteiger partial charge in [-0.1, -0.05) is 6.92 Å². The number of azo groups is 1. The molecular weight excluding hydrogens is 312 g/mol. The second-order valence-electron chi connectivity index (χ2n) is 6.58. The van der Waals surface area contributed by atoms with Gasteiger partial charge in [0.05, 0.1) is 12.6 Å². The summed E-state index contributed by atoms with van der Waals surface area (Å²) in [6.07, 6.45) is 0.899. The summed E-state index contributed by atoms with van der Waals surface area (Å²) in [7, 11) is 1.62. The maximum Gasteiger partial charge on any atom is 0.221 e. The molecule has 0 saturated carbocycles. The first-order valence-corrected chi connectivity index (χ1v) is 7.84. The van der Waals surface area contributed by atoms with Crippen molar-refractivity contribution < 1.29 is 9.84 Å². The molecule has 0 aliphatic carbocycles. The van der Waals surface area contributed by atoms with Crippen LogP contribution in [0.25, 0.3) is 10.9 Å². The highest BCUT2D eigenvalue weighted by Crippen LogP contribution is 2.51. The SMILES string of the molecule is COc1cc2c3c(c1)c(N=NC(N)=S)c(O)n3C(C)(C)C[C@@H]2C. The average Bonchev–Trinajstić information content (AvgIpc) is 2.74. The van der Waals surface area contributed by atoms with Crippen molar-refractivity contribution in [3.05, 3.63) is 17.7 Å². The predicted molar refractivity (Wildman–Crippen MR) is 93.8 cm³/mol. The summed E-state index contributed by atoms with van der Waals surface area (Å²) in [5.74, 6) is 1.14. The summed E-state index contributed by atoms with van der Waals surface area (Å²) in [5, 5.41) is 19.3. The molecule has 6 nitrogen and oxygen atoms in total. The molecule has 23 heavy (non-hydrogen) atoms. The molecule has 2 aromatic rings. The van der Waals surface area contributed by atoms with Gasteiger partial charge in [0.1, 0.15) is 5.75 Å². The Kier molecular flexibility index (Phi) is 3.55. The maximum atomic E-state index is 10.8. The Morgan fingerprint density at radius 2 is 2.17 bits per heavy atom. The maximum absolute atomic E-state index is 10.8. The first-order valence-electron chi connectivity index (χ1n) is 7.43. The third-order valence-electron chi connectivity index (χ3n) is 4.44. The molecule has 1 aliphatic rings. The molecule has 0 fully saturated rings. The van der Waals surface area contributed by atoms with Crippen molar-refractivity contribution in [1.29, 1.82) is 0 Å². The van der Waals surface area contributed by atoms with Gasteiger partial charge in [-0.15, -0.1) is 10.2 Å². The first-order chi connectivity index (χ1) is 10.8. The highest BCUT2D eigenvalue weighted by Gasteiger charge is 2.36. The molecular formula is C16H20N4O2S. The molecule has 0 saturated heterocycles. The van der Waals surface area contributed by atoms with Gasteiger partial charge in [0, 0.05) is 10.9 Å². The van der Waals surface area contributed by atoms with Crippen LogP contribution in [0.15, 0.2) is 22.4 Å². The van der Waals surface area contributed by atoms with Crippen LogP contribution in [0.3, 0.4) is 0 Å². The van der Waals surface area contributed by atoms with Crippen LogP contribution in [-0.2, 0) is 5.54 Å². The van der Waals surface area contributed by atoms with E-state index in [2.05, 4.69) is 31.0 Å². The van der Waals surface area contributed by atoms with E-state index in [1.54, 1.807) is 7.11 Å². The van der Waals surface area contributed by atoms with Crippen molar-refractivity contribution in [1.82, 2.24) is 4.57 Å². The number of rotatable bonds is 2. The zero-order valence-electron chi connectivity index (χ0n) is 13.6. The fourth-order valence-corrected chi connectivity index (χ4v) is 3.66. The normalized spacial score (nSPS) is 19.4. The zero-order chi connectivity index (χ0) is 16.9. The highest BCUT2D eigenvalue weighted by molar-refractivity contribution is 7.80. The average molecular weight is 332 g/mol. The molecule has 2 heterocycles. The van der Waals surface area contributed by atoms with Crippen molar-refractivity contribution in [2.24, 2.45) is 16.0 Å². The summed E-state index contributed by atoms with van der Waals surface area (Å²) in [6.45, 7) is 6.38. The van der Waals surface area contributed by atoms with Crippen LogP contribution < -0.4 is 10.5 Å². The lowest BCUT2D eigenvalue weighted by Crippen LogP contribution is -2.31. The number of hydrogen-bond acceptors (Lipinski definition) is 4. The van der Waals surface area contributed by atoms with Gasteiger partial charge >= 0.3 is 0 Å². The van der Waals surface area contributed by atoms with Crippen molar-refractivity contribution >= 4 is 33.9 Å². The van der Waals surface area contributed by atoms with Crippen LogP contribution in [0.1, 0.15) is 38.7 Å². The molecule has 1 aromatic carbocycles. The number of methoxy groups -OCH3 is 1. The summed E-state index contributed by atoms with van der Waals surface area (Å²) in [4.78, 5) is 0. The van der Waals surface area contributed by atoms with Gasteiger partial charge in [0.15, 0.2) is 5.69 Å². The quantitative estimate of drug-likeness (QED) is 0.644. The van der Waals surface area contributed by atoms with Crippen molar-refractivity contribution in [3.63, 3.8) is 0 Å². The van der Waals surface area contributed by atoms with Gasteiger partial charge in [-0.2, -0.15) is 0 Å². The second kappa shape index (κ2) is 5.19. The van der Waals surface area contributed by atoms with E-state index in [9.17, 15) is 5.11 Å². The van der Waals surface area contributed by atoms with Gasteiger partial charge in [0.25, 0.3) is 0 Å². The van der Waals surface area contributed by atoms with E-state index in [0.717, 1.165) is 28.6 Å². The van der Waals surface area contributed by atoms with E-state index < -0.39 is 0 Å². The minimum atomic E-state index is -0.236. The van der Waals surface area contributed by atoms with E-state index in [1.165, 1.54) is 0 Å². The van der Waals surface area contributed by atoms with Crippen LogP contribution >= 0.6 is 12.2 Å². The molecule has 0 spiro atoms. The summed E-state index contributed by atoms with van der Waals surface area (Å²) in [6, 6.07) is 3.88. The number of hydrogen-bond donors (Lipinski definition) is 2. The van der Waals surface area contributed by atoms with Crippen molar-refractivity contribution in [2.75, 3.05) is 7.11 Å². The fourth-order valence-electron chi connectivity index (χ4n) is 3.62. The lowest BCUT2D eigenvalue weighted by atomic mass is 9.82. The van der Waals surface area contributed by atoms with Crippen molar-refractivity contribution in [3.8, 4) is 11.6 Å². The Labute approximate surface area is 139 Å². The van der Waals surface area contributed by atoms with Gasteiger partial charge in [-0.3, -0.25) is 0 Å². The summed E-state index contributed by atoms with van der Waals surface area (Å²) in [5.41, 5.74) is 7.63. The zero-order valence-corrected chi connectivity index (χ0v) is 14.4. The van der Waals surface area contributed by atoms with Crippen molar-refractivity contribution in [2.45, 2.75) is 38.6 Å². The number of thiocarbonyl (C=S) groups is 1. The van der Waals surface area contributed by atoms with E-state index in [1.807, 2.05) is 16.7 Å². The third kappa shape index (κ3) is 2.35. The Morgan fingerprint density at radius 1 is 1.48 bits per heavy atom. The number of benzene rings is 1. The van der Waals surface area contributed by atoms with E-state index in [-0.39, 0.29) is 16.5 Å². The fraction of sp³-hybridized carbons (Fsp3) is 0.438. The monoisotopic (exact) mass is 332 g/mol. The largest absolute Gasteiger partial charge is 0.497 e. The van der Waals surface area contributed by atoms with E-state index in [4.69, 9.17) is 22.7 Å². The van der Waals surface area contributed by atoms with Gasteiger partial charge in [0.2, 0.25) is 11.0 Å². The predicted octanol–water partition coefficient (Wildman–Crippen LogP) is 3.93. The van der Waals surface area contributed by atoms with E-state index in [0.29, 0.717) is 11.6 Å². The molecule has 1 atom stereocenters. The molecule has 1 aliphatic heterocycles. The molecule has 0 unspecified atom stereocenters. The van der Waals surface area contributed by atoms with Crippen LogP contribution in [-0.4, -0.2) is 21.9 Å². The number of aromatic hydroxyl groups is 1. The molecule has 122 valence electrons. The smallest absolute Gasteiger partial charge is 0.221 e. The first kappa shape index (κ1) is 15.7. The van der Waals surface area contributed by atoms with Crippen LogP contribution in [0.4, 0.5) is 5.69 Å². The van der Waals surface area contributed by atoms with Gasteiger partial charge in [-0.05, 0) is 56.1 Å². The lowest BCUT2D eigenvalue weighted by molar-refractivity contribution is 0.267. The Hall–Kier alpha value is -2.15. The Bertz CT molecular complexity index is 838. The summed E-state index contributed by atoms with van der Waals surface area (Å²) >= 11 is 4.75. The molecule has 0 bridgehead atoms. The van der Waals surface area contributed by atoms with Gasteiger partial charge in [-0.25, -0.2) is 0 Å². The van der Waals surface area contributed by atoms with E-state index >= 15 is 0 Å². The lowest BCUT2D eigenvalue weighted by Gasteiger charge is -2.36. The molecule has 3 N–H and O–H groups in total. The molecule has 3 rings (SSSR count). The van der Waals surface area contributed by atoms with Crippen LogP contribution in [0.2, 0.25) is 0 Å². The molecule has 1 aromatic heterocycles.